The molecule has 0 aromatic heterocycles. The third-order valence-electron chi connectivity index (χ3n) is 3.67. The molecule has 1 heteroatoms. The average molecular weight is 366 g/mol. The van der Waals surface area contributed by atoms with Crippen LogP contribution < -0.4 is 0 Å². The number of rotatable bonds is 2. The van der Waals surface area contributed by atoms with Gasteiger partial charge in [0.1, 0.15) is 0 Å². The first-order chi connectivity index (χ1) is 7.09. The van der Waals surface area contributed by atoms with Crippen LogP contribution in [0.5, 0.6) is 0 Å². The summed E-state index contributed by atoms with van der Waals surface area (Å²) in [5.41, 5.74) is 3.06. The predicted octanol–water partition coefficient (Wildman–Crippen LogP) is 4.28. The number of benzene rings is 1. The van der Waals surface area contributed by atoms with E-state index in [4.69, 9.17) is 0 Å². The van der Waals surface area contributed by atoms with Crippen molar-refractivity contribution in [2.75, 3.05) is 0 Å². The van der Waals surface area contributed by atoms with Crippen LogP contribution >= 0.6 is 0 Å². The normalized spacial score (nSPS) is 23.3. The number of hydrogen-bond donors (Lipinski definition) is 0. The fourth-order valence-electron chi connectivity index (χ4n) is 2.85. The van der Waals surface area contributed by atoms with Crippen molar-refractivity contribution < 1.29 is 21.4 Å². The van der Waals surface area contributed by atoms with Gasteiger partial charge in [-0.05, 0) is 0 Å². The summed E-state index contributed by atoms with van der Waals surface area (Å²) in [4.78, 5) is 0. The zero-order valence-electron chi connectivity index (χ0n) is 10.0. The Morgan fingerprint density at radius 2 is 1.80 bits per heavy atom. The maximum absolute atomic E-state index is 2.54. The second-order valence-corrected chi connectivity index (χ2v) is 15.1. The van der Waals surface area contributed by atoms with Gasteiger partial charge in [0.2, 0.25) is 0 Å². The molecule has 1 unspecified atom stereocenters. The molecule has 0 fully saturated rings. The molecular weight excluding hydrogens is 347 g/mol. The first-order valence-corrected chi connectivity index (χ1v) is 14.7. The van der Waals surface area contributed by atoms with Crippen molar-refractivity contribution in [1.82, 2.24) is 0 Å². The number of fused-ring (bicyclic) bond motifs is 1. The quantitative estimate of drug-likeness (QED) is 0.686. The Kier molecular flexibility index (Phi) is 3.03. The minimum absolute atomic E-state index is 0.460. The summed E-state index contributed by atoms with van der Waals surface area (Å²) >= 11 is -1.48. The molecule has 0 aliphatic heterocycles. The second kappa shape index (κ2) is 4.01. The topological polar surface area (TPSA) is 0 Å². The van der Waals surface area contributed by atoms with Gasteiger partial charge in [0.25, 0.3) is 0 Å². The molecule has 0 radical (unpaired) electrons. The molecule has 0 spiro atoms. The molecule has 0 amide bonds. The molecule has 1 aromatic rings. The van der Waals surface area contributed by atoms with Crippen LogP contribution in [0.15, 0.2) is 30.3 Å². The molecule has 2 rings (SSSR count). The molecular formula is C14H19Hf. The van der Waals surface area contributed by atoms with E-state index in [1.807, 2.05) is 0 Å². The molecule has 1 aliphatic carbocycles. The zero-order chi connectivity index (χ0) is 11.1. The molecule has 0 saturated carbocycles. The molecule has 15 heavy (non-hydrogen) atoms. The van der Waals surface area contributed by atoms with Gasteiger partial charge in [0.15, 0.2) is 0 Å². The molecule has 0 saturated heterocycles. The molecule has 0 nitrogen and oxygen atoms in total. The Labute approximate surface area is 101 Å². The van der Waals surface area contributed by atoms with Crippen molar-refractivity contribution >= 4 is 6.08 Å². The standard InChI is InChI=1S/C12H13.2CH3.Hf/c1-9(2)11-8-7-10-5-3-4-6-12(10)11;;;/h3-9H,1-2H3;2*1H3;. The van der Waals surface area contributed by atoms with E-state index >= 15 is 0 Å². The Balaban J connectivity index is 2.59. The summed E-state index contributed by atoms with van der Waals surface area (Å²) in [7, 11) is 0. The predicted molar refractivity (Wildman–Crippen MR) is 63.7 cm³/mol. The Bertz CT molecular complexity index is 380. The van der Waals surface area contributed by atoms with E-state index in [1.54, 1.807) is 5.56 Å². The fraction of sp³-hybridized carbons (Fsp3) is 0.429. The van der Waals surface area contributed by atoms with Crippen LogP contribution in [0.2, 0.25) is 9.36 Å². The van der Waals surface area contributed by atoms with Gasteiger partial charge in [-0.25, -0.2) is 0 Å². The van der Waals surface area contributed by atoms with Gasteiger partial charge in [-0.1, -0.05) is 0 Å². The van der Waals surface area contributed by atoms with Gasteiger partial charge in [-0.3, -0.25) is 0 Å². The Morgan fingerprint density at radius 1 is 1.13 bits per heavy atom. The minimum atomic E-state index is -1.48. The van der Waals surface area contributed by atoms with Crippen molar-refractivity contribution in [1.29, 1.82) is 0 Å². The monoisotopic (exact) mass is 367 g/mol. The molecule has 1 atom stereocenters. The Hall–Kier alpha value is -0.170. The zero-order valence-corrected chi connectivity index (χ0v) is 13.6. The molecule has 0 bridgehead atoms. The van der Waals surface area contributed by atoms with Crippen molar-refractivity contribution in [2.24, 2.45) is 5.92 Å². The van der Waals surface area contributed by atoms with Crippen LogP contribution in [-0.2, 0) is 24.6 Å². The first-order valence-electron chi connectivity index (χ1n) is 5.68. The molecule has 79 valence electrons. The van der Waals surface area contributed by atoms with Crippen LogP contribution in [0.1, 0.15) is 25.0 Å². The van der Waals surface area contributed by atoms with E-state index in [0.29, 0.717) is 3.17 Å². The molecule has 1 aromatic carbocycles. The first kappa shape index (κ1) is 11.3. The summed E-state index contributed by atoms with van der Waals surface area (Å²) in [6.07, 6.45) is 4.84. The van der Waals surface area contributed by atoms with E-state index in [0.717, 1.165) is 5.92 Å². The Morgan fingerprint density at radius 3 is 2.40 bits per heavy atom. The van der Waals surface area contributed by atoms with Gasteiger partial charge in [-0.2, -0.15) is 0 Å². The SMILES string of the molecule is CC(C)[C]1([Hf]([CH3])[CH3])C=Cc2ccccc21. The van der Waals surface area contributed by atoms with E-state index in [-0.39, 0.29) is 0 Å². The van der Waals surface area contributed by atoms with Crippen LogP contribution in [0.3, 0.4) is 0 Å². The van der Waals surface area contributed by atoms with Crippen LogP contribution in [0, 0.1) is 5.92 Å². The summed E-state index contributed by atoms with van der Waals surface area (Å²) in [5, 5.41) is 0. The van der Waals surface area contributed by atoms with Crippen LogP contribution in [0.4, 0.5) is 0 Å². The summed E-state index contributed by atoms with van der Waals surface area (Å²) in [6, 6.07) is 8.94. The van der Waals surface area contributed by atoms with Crippen LogP contribution in [-0.4, -0.2) is 0 Å². The second-order valence-electron chi connectivity index (χ2n) is 4.94. The third-order valence-corrected chi connectivity index (χ3v) is 13.3. The maximum atomic E-state index is 2.54. The third kappa shape index (κ3) is 1.60. The molecule has 1 aliphatic rings. The van der Waals surface area contributed by atoms with Crippen molar-refractivity contribution in [3.05, 3.63) is 41.5 Å². The van der Waals surface area contributed by atoms with Gasteiger partial charge in [-0.15, -0.1) is 0 Å². The van der Waals surface area contributed by atoms with Crippen molar-refractivity contribution in [2.45, 2.75) is 26.4 Å². The summed E-state index contributed by atoms with van der Waals surface area (Å²) in [5.74, 6) is 0.745. The van der Waals surface area contributed by atoms with E-state index < -0.39 is 21.4 Å². The average Bonchev–Trinajstić information content (AvgIpc) is 2.57. The number of allylic oxidation sites excluding steroid dienone is 1. The van der Waals surface area contributed by atoms with Crippen molar-refractivity contribution in [3.63, 3.8) is 0 Å². The summed E-state index contributed by atoms with van der Waals surface area (Å²) < 4.78 is 5.54. The molecule has 0 N–H and O–H groups in total. The van der Waals surface area contributed by atoms with E-state index in [9.17, 15) is 0 Å². The van der Waals surface area contributed by atoms with E-state index in [1.165, 1.54) is 5.56 Å². The van der Waals surface area contributed by atoms with Gasteiger partial charge in [0.05, 0.1) is 0 Å². The number of hydrogen-bond acceptors (Lipinski definition) is 0. The summed E-state index contributed by atoms with van der Waals surface area (Å²) in [6.45, 7) is 4.76. The molecule has 0 heterocycles. The van der Waals surface area contributed by atoms with Gasteiger partial charge >= 0.3 is 101 Å². The van der Waals surface area contributed by atoms with E-state index in [2.05, 4.69) is 59.6 Å². The van der Waals surface area contributed by atoms with Gasteiger partial charge in [0, 0.05) is 0 Å². The fourth-order valence-corrected chi connectivity index (χ4v) is 11.2. The van der Waals surface area contributed by atoms with Gasteiger partial charge < -0.3 is 0 Å². The van der Waals surface area contributed by atoms with Crippen LogP contribution in [0.25, 0.3) is 6.08 Å². The van der Waals surface area contributed by atoms with Crippen molar-refractivity contribution in [3.8, 4) is 0 Å².